The number of ether oxygens (including phenoxy) is 1. The van der Waals surface area contributed by atoms with Crippen molar-refractivity contribution in [2.45, 2.75) is 6.92 Å². The number of nitrogens with two attached hydrogens (primary N) is 1. The summed E-state index contributed by atoms with van der Waals surface area (Å²) >= 11 is 0. The maximum Gasteiger partial charge on any atom is 0.326 e. The standard InChI is InChI=1S/C15H14FNO6/c1-2-23-15(22)12(14(17)21)13(20)11(19)7-10(18)8-3-5-9(16)6-4-8/h3-7,12,18H,2H2,1H3,(H2,17,21)/t12-/m0/s1. The molecule has 0 aliphatic carbocycles. The molecule has 0 radical (unpaired) electrons. The van der Waals surface area contributed by atoms with Crippen LogP contribution in [0.3, 0.4) is 0 Å². The molecule has 0 aliphatic rings. The van der Waals surface area contributed by atoms with Crippen LogP contribution < -0.4 is 5.73 Å². The highest BCUT2D eigenvalue weighted by molar-refractivity contribution is 6.49. The van der Waals surface area contributed by atoms with E-state index in [4.69, 9.17) is 5.73 Å². The number of carbonyl (C=O) groups is 4. The molecule has 8 heteroatoms. The van der Waals surface area contributed by atoms with Crippen LogP contribution in [0.1, 0.15) is 12.5 Å². The minimum atomic E-state index is -2.08. The SMILES string of the molecule is CCOC(=O)[C@H](C(N)=O)C(=O)C(=O)C=C(O)c1ccc(F)cc1. The lowest BCUT2D eigenvalue weighted by atomic mass is 9.99. The number of benzene rings is 1. The molecule has 0 saturated heterocycles. The number of amides is 1. The number of Topliss-reactive ketones (excluding diaryl/α,β-unsaturated/α-hetero) is 1. The van der Waals surface area contributed by atoms with E-state index < -0.39 is 40.9 Å². The fourth-order valence-corrected chi connectivity index (χ4v) is 1.62. The Hall–Kier alpha value is -3.03. The third-order valence-electron chi connectivity index (χ3n) is 2.72. The molecule has 0 heterocycles. The molecule has 0 aliphatic heterocycles. The predicted molar refractivity (Wildman–Crippen MR) is 76.3 cm³/mol. The molecule has 7 nitrogen and oxygen atoms in total. The Balaban J connectivity index is 2.99. The van der Waals surface area contributed by atoms with Crippen molar-refractivity contribution in [2.24, 2.45) is 11.7 Å². The molecule has 122 valence electrons. The molecule has 0 unspecified atom stereocenters. The number of halogens is 1. The Labute approximate surface area is 130 Å². The summed E-state index contributed by atoms with van der Waals surface area (Å²) in [5.41, 5.74) is 5.00. The first-order valence-electron chi connectivity index (χ1n) is 6.48. The van der Waals surface area contributed by atoms with Gasteiger partial charge in [0.05, 0.1) is 6.61 Å². The zero-order chi connectivity index (χ0) is 17.6. The summed E-state index contributed by atoms with van der Waals surface area (Å²) in [5, 5.41) is 9.73. The van der Waals surface area contributed by atoms with E-state index in [1.807, 2.05) is 0 Å². The van der Waals surface area contributed by atoms with Crippen LogP contribution in [0.2, 0.25) is 0 Å². The van der Waals surface area contributed by atoms with Crippen LogP contribution in [0.5, 0.6) is 0 Å². The first-order valence-corrected chi connectivity index (χ1v) is 6.48. The molecule has 1 rings (SSSR count). The first kappa shape index (κ1) is 18.0. The van der Waals surface area contributed by atoms with Crippen molar-refractivity contribution in [2.75, 3.05) is 6.61 Å². The number of carbonyl (C=O) groups excluding carboxylic acids is 4. The fourth-order valence-electron chi connectivity index (χ4n) is 1.62. The number of aliphatic hydroxyl groups excluding tert-OH is 1. The average Bonchev–Trinajstić information content (AvgIpc) is 2.47. The molecule has 3 N–H and O–H groups in total. The highest BCUT2D eigenvalue weighted by Gasteiger charge is 2.37. The zero-order valence-corrected chi connectivity index (χ0v) is 12.1. The summed E-state index contributed by atoms with van der Waals surface area (Å²) in [7, 11) is 0. The van der Waals surface area contributed by atoms with Gasteiger partial charge in [-0.1, -0.05) is 0 Å². The molecular weight excluding hydrogens is 309 g/mol. The number of primary amides is 1. The highest BCUT2D eigenvalue weighted by atomic mass is 19.1. The number of aliphatic hydroxyl groups is 1. The molecule has 1 aromatic rings. The minimum absolute atomic E-state index is 0.0688. The summed E-state index contributed by atoms with van der Waals surface area (Å²) < 4.78 is 17.3. The summed E-state index contributed by atoms with van der Waals surface area (Å²) in [5.74, 6) is -8.59. The zero-order valence-electron chi connectivity index (χ0n) is 12.1. The molecule has 1 aromatic carbocycles. The summed E-state index contributed by atoms with van der Waals surface area (Å²) in [6, 6.07) is 4.43. The van der Waals surface area contributed by atoms with E-state index in [2.05, 4.69) is 4.74 Å². The van der Waals surface area contributed by atoms with Gasteiger partial charge in [0, 0.05) is 11.6 Å². The van der Waals surface area contributed by atoms with Crippen LogP contribution in [-0.2, 0) is 23.9 Å². The van der Waals surface area contributed by atoms with Crippen molar-refractivity contribution >= 4 is 29.2 Å². The topological polar surface area (TPSA) is 124 Å². The first-order chi connectivity index (χ1) is 10.8. The van der Waals surface area contributed by atoms with Gasteiger partial charge >= 0.3 is 5.97 Å². The third-order valence-corrected chi connectivity index (χ3v) is 2.72. The maximum absolute atomic E-state index is 12.8. The van der Waals surface area contributed by atoms with Gasteiger partial charge in [-0.15, -0.1) is 0 Å². The second-order valence-electron chi connectivity index (χ2n) is 4.35. The summed E-state index contributed by atoms with van der Waals surface area (Å²) in [6.45, 7) is 1.34. The summed E-state index contributed by atoms with van der Waals surface area (Å²) in [4.78, 5) is 46.3. The van der Waals surface area contributed by atoms with Gasteiger partial charge in [-0.2, -0.15) is 0 Å². The van der Waals surface area contributed by atoms with Gasteiger partial charge in [-0.05, 0) is 31.2 Å². The van der Waals surface area contributed by atoms with Gasteiger partial charge in [0.2, 0.25) is 23.4 Å². The molecule has 1 amide bonds. The Bertz CT molecular complexity index is 665. The lowest BCUT2D eigenvalue weighted by Crippen LogP contribution is -2.40. The van der Waals surface area contributed by atoms with Crippen LogP contribution in [0.25, 0.3) is 5.76 Å². The monoisotopic (exact) mass is 323 g/mol. The van der Waals surface area contributed by atoms with E-state index in [0.717, 1.165) is 12.1 Å². The van der Waals surface area contributed by atoms with Gasteiger partial charge < -0.3 is 15.6 Å². The maximum atomic E-state index is 12.8. The molecule has 0 fully saturated rings. The normalized spacial score (nSPS) is 12.3. The number of hydrogen-bond donors (Lipinski definition) is 2. The second-order valence-corrected chi connectivity index (χ2v) is 4.35. The Morgan fingerprint density at radius 1 is 1.26 bits per heavy atom. The van der Waals surface area contributed by atoms with Crippen molar-refractivity contribution in [1.82, 2.24) is 0 Å². The minimum Gasteiger partial charge on any atom is -0.507 e. The molecular formula is C15H14FNO6. The second kappa shape index (κ2) is 7.83. The van der Waals surface area contributed by atoms with Gasteiger partial charge in [-0.25, -0.2) is 4.39 Å². The Morgan fingerprint density at radius 3 is 2.30 bits per heavy atom. The molecule has 0 aromatic heterocycles. The number of ketones is 2. The molecule has 1 atom stereocenters. The number of hydrogen-bond acceptors (Lipinski definition) is 6. The van der Waals surface area contributed by atoms with E-state index >= 15 is 0 Å². The van der Waals surface area contributed by atoms with Gasteiger partial charge in [0.25, 0.3) is 0 Å². The Morgan fingerprint density at radius 2 is 1.83 bits per heavy atom. The van der Waals surface area contributed by atoms with Crippen LogP contribution in [-0.4, -0.2) is 35.2 Å². The van der Waals surface area contributed by atoms with Crippen molar-refractivity contribution in [3.63, 3.8) is 0 Å². The van der Waals surface area contributed by atoms with Crippen LogP contribution in [0.15, 0.2) is 30.3 Å². The molecule has 23 heavy (non-hydrogen) atoms. The lowest BCUT2D eigenvalue weighted by Gasteiger charge is -2.09. The van der Waals surface area contributed by atoms with E-state index in [1.165, 1.54) is 19.1 Å². The van der Waals surface area contributed by atoms with Crippen LogP contribution in [0, 0.1) is 11.7 Å². The lowest BCUT2D eigenvalue weighted by molar-refractivity contribution is -0.156. The average molecular weight is 323 g/mol. The van der Waals surface area contributed by atoms with E-state index in [1.54, 1.807) is 0 Å². The van der Waals surface area contributed by atoms with E-state index in [0.29, 0.717) is 6.08 Å². The van der Waals surface area contributed by atoms with Gasteiger partial charge in [0.15, 0.2) is 0 Å². The van der Waals surface area contributed by atoms with Crippen LogP contribution >= 0.6 is 0 Å². The Kier molecular flexibility index (Phi) is 6.13. The fraction of sp³-hybridized carbons (Fsp3) is 0.200. The smallest absolute Gasteiger partial charge is 0.326 e. The van der Waals surface area contributed by atoms with E-state index in [-0.39, 0.29) is 12.2 Å². The van der Waals surface area contributed by atoms with Crippen molar-refractivity contribution < 1.29 is 33.4 Å². The van der Waals surface area contributed by atoms with Gasteiger partial charge in [-0.3, -0.25) is 19.2 Å². The van der Waals surface area contributed by atoms with Crippen molar-refractivity contribution in [3.8, 4) is 0 Å². The largest absolute Gasteiger partial charge is 0.507 e. The van der Waals surface area contributed by atoms with Gasteiger partial charge in [0.1, 0.15) is 11.6 Å². The highest BCUT2D eigenvalue weighted by Crippen LogP contribution is 2.13. The number of esters is 1. The van der Waals surface area contributed by atoms with E-state index in [9.17, 15) is 28.7 Å². The number of allylic oxidation sites excluding steroid dienone is 1. The molecule has 0 saturated carbocycles. The molecule has 0 bridgehead atoms. The summed E-state index contributed by atoms with van der Waals surface area (Å²) in [6.07, 6.45) is 0.519. The van der Waals surface area contributed by atoms with Crippen molar-refractivity contribution in [1.29, 1.82) is 0 Å². The predicted octanol–water partition coefficient (Wildman–Crippen LogP) is 0.527. The third kappa shape index (κ3) is 4.73. The van der Waals surface area contributed by atoms with Crippen molar-refractivity contribution in [3.05, 3.63) is 41.7 Å². The number of rotatable bonds is 7. The molecule has 0 spiro atoms. The quantitative estimate of drug-likeness (QED) is 0.248. The van der Waals surface area contributed by atoms with Crippen LogP contribution in [0.4, 0.5) is 4.39 Å².